The van der Waals surface area contributed by atoms with E-state index in [2.05, 4.69) is 40.2 Å². The van der Waals surface area contributed by atoms with E-state index in [0.29, 0.717) is 13.1 Å². The molecule has 134 valence electrons. The Hall–Kier alpha value is -2.50. The number of aromatic nitrogens is 2. The van der Waals surface area contributed by atoms with Gasteiger partial charge in [-0.25, -0.2) is 4.79 Å². The first-order valence-electron chi connectivity index (χ1n) is 8.68. The Morgan fingerprint density at radius 2 is 1.84 bits per heavy atom. The predicted octanol–water partition coefficient (Wildman–Crippen LogP) is 3.44. The summed E-state index contributed by atoms with van der Waals surface area (Å²) in [5.41, 5.74) is 2.93. The number of rotatable bonds is 2. The summed E-state index contributed by atoms with van der Waals surface area (Å²) in [5.74, 6) is 0.919. The molecule has 1 amide bonds. The van der Waals surface area contributed by atoms with Gasteiger partial charge in [-0.1, -0.05) is 24.3 Å². The summed E-state index contributed by atoms with van der Waals surface area (Å²) >= 11 is 0. The summed E-state index contributed by atoms with van der Waals surface area (Å²) in [5, 5.41) is 7.58. The van der Waals surface area contributed by atoms with Crippen LogP contribution in [-0.2, 0) is 4.74 Å². The Balaban J connectivity index is 1.63. The molecule has 0 aliphatic carbocycles. The molecule has 2 aromatic rings. The topological polar surface area (TPSA) is 61.5 Å². The van der Waals surface area contributed by atoms with Gasteiger partial charge in [-0.2, -0.15) is 5.10 Å². The standard InChI is InChI=1S/C19H26N4O2/c1-14-7-5-6-8-15(14)16-13-17(21-20-16)22-9-11-23(12-10-22)18(24)25-19(2,3)4/h5-8,13H,9-12H2,1-4H3,(H,20,21). The van der Waals surface area contributed by atoms with Gasteiger partial charge in [0, 0.05) is 37.8 Å². The van der Waals surface area contributed by atoms with Crippen LogP contribution in [0.3, 0.4) is 0 Å². The minimum atomic E-state index is -0.459. The Kier molecular flexibility index (Phi) is 4.70. The minimum absolute atomic E-state index is 0.241. The van der Waals surface area contributed by atoms with Gasteiger partial charge in [0.05, 0.1) is 5.69 Å². The first kappa shape index (κ1) is 17.3. The number of aryl methyl sites for hydroxylation is 1. The summed E-state index contributed by atoms with van der Waals surface area (Å²) in [6, 6.07) is 10.3. The van der Waals surface area contributed by atoms with Gasteiger partial charge >= 0.3 is 6.09 Å². The monoisotopic (exact) mass is 342 g/mol. The van der Waals surface area contributed by atoms with Gasteiger partial charge in [0.2, 0.25) is 0 Å². The zero-order valence-corrected chi connectivity index (χ0v) is 15.4. The number of ether oxygens (including phenoxy) is 1. The highest BCUT2D eigenvalue weighted by Crippen LogP contribution is 2.25. The number of hydrogen-bond donors (Lipinski definition) is 1. The van der Waals surface area contributed by atoms with Crippen LogP contribution in [-0.4, -0.2) is 53.0 Å². The second-order valence-corrected chi connectivity index (χ2v) is 7.41. The number of benzene rings is 1. The average molecular weight is 342 g/mol. The van der Waals surface area contributed by atoms with Crippen LogP contribution in [0.5, 0.6) is 0 Å². The van der Waals surface area contributed by atoms with E-state index in [-0.39, 0.29) is 6.09 Å². The van der Waals surface area contributed by atoms with E-state index in [1.165, 1.54) is 5.56 Å². The van der Waals surface area contributed by atoms with E-state index in [1.807, 2.05) is 32.9 Å². The number of aromatic amines is 1. The van der Waals surface area contributed by atoms with E-state index in [1.54, 1.807) is 4.90 Å². The summed E-state index contributed by atoms with van der Waals surface area (Å²) < 4.78 is 5.44. The molecule has 0 bridgehead atoms. The summed E-state index contributed by atoms with van der Waals surface area (Å²) in [6.07, 6.45) is -0.241. The van der Waals surface area contributed by atoms with Crippen molar-refractivity contribution in [2.45, 2.75) is 33.3 Å². The van der Waals surface area contributed by atoms with Gasteiger partial charge in [-0.3, -0.25) is 5.10 Å². The van der Waals surface area contributed by atoms with Crippen LogP contribution < -0.4 is 4.90 Å². The van der Waals surface area contributed by atoms with Crippen LogP contribution in [0.2, 0.25) is 0 Å². The van der Waals surface area contributed by atoms with Crippen molar-refractivity contribution in [2.75, 3.05) is 31.1 Å². The normalized spacial score (nSPS) is 15.4. The first-order valence-corrected chi connectivity index (χ1v) is 8.68. The van der Waals surface area contributed by atoms with Gasteiger partial charge in [-0.05, 0) is 33.3 Å². The Bertz CT molecular complexity index is 740. The third-order valence-corrected chi connectivity index (χ3v) is 4.25. The van der Waals surface area contributed by atoms with Crippen LogP contribution in [0.4, 0.5) is 10.6 Å². The molecule has 0 spiro atoms. The number of carbonyl (C=O) groups is 1. The molecular weight excluding hydrogens is 316 g/mol. The van der Waals surface area contributed by atoms with Crippen molar-refractivity contribution in [1.82, 2.24) is 15.1 Å². The Morgan fingerprint density at radius 1 is 1.16 bits per heavy atom. The molecular formula is C19H26N4O2. The van der Waals surface area contributed by atoms with E-state index >= 15 is 0 Å². The van der Waals surface area contributed by atoms with Crippen molar-refractivity contribution in [3.05, 3.63) is 35.9 Å². The number of carbonyl (C=O) groups excluding carboxylic acids is 1. The highest BCUT2D eigenvalue weighted by Gasteiger charge is 2.26. The SMILES string of the molecule is Cc1ccccc1-c1cc(N2CCN(C(=O)OC(C)(C)C)CC2)n[nH]1. The van der Waals surface area contributed by atoms with Crippen molar-refractivity contribution < 1.29 is 9.53 Å². The van der Waals surface area contributed by atoms with E-state index < -0.39 is 5.60 Å². The fraction of sp³-hybridized carbons (Fsp3) is 0.474. The van der Waals surface area contributed by atoms with Gasteiger partial charge in [0.1, 0.15) is 5.60 Å². The number of nitrogens with zero attached hydrogens (tertiary/aromatic N) is 3. The summed E-state index contributed by atoms with van der Waals surface area (Å²) in [6.45, 7) is 10.5. The number of amides is 1. The Labute approximate surface area is 148 Å². The summed E-state index contributed by atoms with van der Waals surface area (Å²) in [4.78, 5) is 16.1. The average Bonchev–Trinajstić information content (AvgIpc) is 3.03. The molecule has 0 atom stereocenters. The lowest BCUT2D eigenvalue weighted by molar-refractivity contribution is 0.0240. The van der Waals surface area contributed by atoms with Crippen LogP contribution >= 0.6 is 0 Å². The van der Waals surface area contributed by atoms with Crippen molar-refractivity contribution in [1.29, 1.82) is 0 Å². The molecule has 1 aromatic carbocycles. The number of H-pyrrole nitrogens is 1. The molecule has 3 rings (SSSR count). The maximum Gasteiger partial charge on any atom is 0.410 e. The molecule has 0 unspecified atom stereocenters. The minimum Gasteiger partial charge on any atom is -0.444 e. The molecule has 1 aromatic heterocycles. The lowest BCUT2D eigenvalue weighted by Crippen LogP contribution is -2.50. The quantitative estimate of drug-likeness (QED) is 0.908. The second-order valence-electron chi connectivity index (χ2n) is 7.41. The molecule has 0 radical (unpaired) electrons. The molecule has 1 aliphatic rings. The molecule has 1 N–H and O–H groups in total. The number of anilines is 1. The van der Waals surface area contributed by atoms with E-state index in [9.17, 15) is 4.79 Å². The highest BCUT2D eigenvalue weighted by atomic mass is 16.6. The van der Waals surface area contributed by atoms with Crippen LogP contribution in [0.15, 0.2) is 30.3 Å². The lowest BCUT2D eigenvalue weighted by atomic mass is 10.1. The van der Waals surface area contributed by atoms with Crippen molar-refractivity contribution in [3.63, 3.8) is 0 Å². The molecule has 2 heterocycles. The van der Waals surface area contributed by atoms with Gasteiger partial charge in [0.15, 0.2) is 5.82 Å². The fourth-order valence-corrected chi connectivity index (χ4v) is 2.93. The third-order valence-electron chi connectivity index (χ3n) is 4.25. The number of nitrogens with one attached hydrogen (secondary N) is 1. The molecule has 25 heavy (non-hydrogen) atoms. The van der Waals surface area contributed by atoms with Crippen molar-refractivity contribution in [2.24, 2.45) is 0 Å². The maximum absolute atomic E-state index is 12.1. The summed E-state index contributed by atoms with van der Waals surface area (Å²) in [7, 11) is 0. The highest BCUT2D eigenvalue weighted by molar-refractivity contribution is 5.69. The molecule has 6 heteroatoms. The molecule has 0 saturated carbocycles. The van der Waals surface area contributed by atoms with Crippen LogP contribution in [0.25, 0.3) is 11.3 Å². The van der Waals surface area contributed by atoms with Gasteiger partial charge in [-0.15, -0.1) is 0 Å². The van der Waals surface area contributed by atoms with E-state index in [4.69, 9.17) is 4.74 Å². The van der Waals surface area contributed by atoms with Crippen molar-refractivity contribution >= 4 is 11.9 Å². The number of hydrogen-bond acceptors (Lipinski definition) is 4. The molecule has 1 saturated heterocycles. The third kappa shape index (κ3) is 4.13. The smallest absolute Gasteiger partial charge is 0.410 e. The zero-order valence-electron chi connectivity index (χ0n) is 15.4. The first-order chi connectivity index (χ1) is 11.8. The molecule has 1 aliphatic heterocycles. The van der Waals surface area contributed by atoms with Gasteiger partial charge < -0.3 is 14.5 Å². The predicted molar refractivity (Wildman–Crippen MR) is 98.8 cm³/mol. The maximum atomic E-state index is 12.1. The second kappa shape index (κ2) is 6.78. The van der Waals surface area contributed by atoms with Crippen LogP contribution in [0, 0.1) is 6.92 Å². The molecule has 1 fully saturated rings. The van der Waals surface area contributed by atoms with Gasteiger partial charge in [0.25, 0.3) is 0 Å². The van der Waals surface area contributed by atoms with Crippen molar-refractivity contribution in [3.8, 4) is 11.3 Å². The van der Waals surface area contributed by atoms with Crippen LogP contribution in [0.1, 0.15) is 26.3 Å². The largest absolute Gasteiger partial charge is 0.444 e. The van der Waals surface area contributed by atoms with E-state index in [0.717, 1.165) is 30.2 Å². The number of piperazine rings is 1. The zero-order chi connectivity index (χ0) is 18.0. The Morgan fingerprint density at radius 3 is 2.48 bits per heavy atom. The fourth-order valence-electron chi connectivity index (χ4n) is 2.93. The lowest BCUT2D eigenvalue weighted by Gasteiger charge is -2.35. The molecule has 6 nitrogen and oxygen atoms in total.